The summed E-state index contributed by atoms with van der Waals surface area (Å²) in [6, 6.07) is 8.50. The lowest BCUT2D eigenvalue weighted by Gasteiger charge is -2.37. The molecule has 0 saturated heterocycles. The van der Waals surface area contributed by atoms with E-state index >= 15 is 0 Å². The van der Waals surface area contributed by atoms with Gasteiger partial charge < -0.3 is 14.6 Å². The minimum absolute atomic E-state index is 0.00813. The van der Waals surface area contributed by atoms with Crippen molar-refractivity contribution < 1.29 is 14.6 Å². The number of benzene rings is 1. The molecule has 0 aliphatic heterocycles. The number of aliphatic hydroxyl groups is 1. The Hall–Kier alpha value is -1.06. The lowest BCUT2D eigenvalue weighted by molar-refractivity contribution is -0.133. The first-order valence-electron chi connectivity index (χ1n) is 10.0. The summed E-state index contributed by atoms with van der Waals surface area (Å²) in [4.78, 5) is 0. The van der Waals surface area contributed by atoms with Crippen LogP contribution in [0, 0.1) is 0 Å². The first kappa shape index (κ1) is 18.7. The maximum Gasteiger partial charge on any atom is 0.125 e. The fraction of sp³-hybridized carbons (Fsp3) is 0.727. The topological polar surface area (TPSA) is 38.7 Å². The van der Waals surface area contributed by atoms with Crippen LogP contribution in [0.15, 0.2) is 24.3 Å². The molecule has 0 bridgehead atoms. The number of ether oxygens (including phenoxy) is 2. The summed E-state index contributed by atoms with van der Waals surface area (Å²) >= 11 is 0. The van der Waals surface area contributed by atoms with Crippen molar-refractivity contribution in [2.24, 2.45) is 0 Å². The molecule has 4 atom stereocenters. The molecule has 0 radical (unpaired) electrons. The highest BCUT2D eigenvalue weighted by molar-refractivity contribution is 5.31. The van der Waals surface area contributed by atoms with Gasteiger partial charge in [0, 0.05) is 0 Å². The van der Waals surface area contributed by atoms with E-state index in [0.29, 0.717) is 0 Å². The first-order chi connectivity index (χ1) is 11.9. The van der Waals surface area contributed by atoms with Gasteiger partial charge in [-0.2, -0.15) is 0 Å². The Morgan fingerprint density at radius 2 is 1.36 bits per heavy atom. The van der Waals surface area contributed by atoms with E-state index in [2.05, 4.69) is 45.0 Å². The van der Waals surface area contributed by atoms with Crippen LogP contribution in [0.5, 0.6) is 5.75 Å². The van der Waals surface area contributed by atoms with Crippen molar-refractivity contribution in [3.63, 3.8) is 0 Å². The molecule has 2 saturated carbocycles. The third-order valence-corrected chi connectivity index (χ3v) is 5.67. The molecule has 3 nitrogen and oxygen atoms in total. The SMILES string of the molecule is CC(C)(C)c1ccc(OC2CCCCC2OC2CCCCC2O)cc1. The molecule has 140 valence electrons. The van der Waals surface area contributed by atoms with Crippen LogP contribution < -0.4 is 4.74 Å². The molecule has 2 fully saturated rings. The summed E-state index contributed by atoms with van der Waals surface area (Å²) in [7, 11) is 0. The Kier molecular flexibility index (Phi) is 6.06. The van der Waals surface area contributed by atoms with Gasteiger partial charge in [0.1, 0.15) is 11.9 Å². The fourth-order valence-corrected chi connectivity index (χ4v) is 4.02. The molecule has 1 aromatic carbocycles. The second kappa shape index (κ2) is 8.09. The van der Waals surface area contributed by atoms with Crippen LogP contribution in [-0.4, -0.2) is 29.5 Å². The zero-order valence-electron chi connectivity index (χ0n) is 16.0. The van der Waals surface area contributed by atoms with Gasteiger partial charge in [-0.25, -0.2) is 0 Å². The lowest BCUT2D eigenvalue weighted by atomic mass is 9.87. The van der Waals surface area contributed by atoms with Crippen molar-refractivity contribution in [1.82, 2.24) is 0 Å². The second-order valence-corrected chi connectivity index (χ2v) is 8.78. The molecule has 2 aliphatic carbocycles. The third kappa shape index (κ3) is 4.98. The number of rotatable bonds is 4. The van der Waals surface area contributed by atoms with Gasteiger partial charge >= 0.3 is 0 Å². The maximum absolute atomic E-state index is 10.2. The van der Waals surface area contributed by atoms with Gasteiger partial charge in [-0.05, 0) is 55.2 Å². The van der Waals surface area contributed by atoms with E-state index in [4.69, 9.17) is 9.47 Å². The molecule has 3 rings (SSSR count). The van der Waals surface area contributed by atoms with Gasteiger partial charge in [0.25, 0.3) is 0 Å². The fourth-order valence-electron chi connectivity index (χ4n) is 4.02. The summed E-state index contributed by atoms with van der Waals surface area (Å²) in [5.41, 5.74) is 1.48. The average Bonchev–Trinajstić information content (AvgIpc) is 2.58. The van der Waals surface area contributed by atoms with E-state index in [0.717, 1.165) is 44.3 Å². The molecule has 1 N–H and O–H groups in total. The summed E-state index contributed by atoms with van der Waals surface area (Å²) in [6.45, 7) is 6.68. The second-order valence-electron chi connectivity index (χ2n) is 8.78. The molecule has 0 aromatic heterocycles. The maximum atomic E-state index is 10.2. The van der Waals surface area contributed by atoms with Crippen molar-refractivity contribution in [3.8, 4) is 5.75 Å². The van der Waals surface area contributed by atoms with Crippen LogP contribution in [0.4, 0.5) is 0 Å². The van der Waals surface area contributed by atoms with E-state index in [1.807, 2.05) is 0 Å². The van der Waals surface area contributed by atoms with Gasteiger partial charge in [0.15, 0.2) is 0 Å². The summed E-state index contributed by atoms with van der Waals surface area (Å²) in [6.07, 6.45) is 8.48. The van der Waals surface area contributed by atoms with E-state index in [1.165, 1.54) is 18.4 Å². The molecule has 2 aliphatic rings. The molecule has 0 spiro atoms. The van der Waals surface area contributed by atoms with Crippen LogP contribution >= 0.6 is 0 Å². The molecule has 4 unspecified atom stereocenters. The minimum atomic E-state index is -0.303. The highest BCUT2D eigenvalue weighted by Crippen LogP contribution is 2.31. The summed E-state index contributed by atoms with van der Waals surface area (Å²) < 4.78 is 12.6. The molecule has 3 heteroatoms. The Labute approximate surface area is 152 Å². The lowest BCUT2D eigenvalue weighted by Crippen LogP contribution is -2.43. The van der Waals surface area contributed by atoms with E-state index in [1.54, 1.807) is 0 Å². The van der Waals surface area contributed by atoms with Crippen molar-refractivity contribution in [3.05, 3.63) is 29.8 Å². The number of hydrogen-bond acceptors (Lipinski definition) is 3. The Morgan fingerprint density at radius 3 is 1.96 bits per heavy atom. The van der Waals surface area contributed by atoms with Crippen LogP contribution in [0.1, 0.15) is 77.7 Å². The predicted molar refractivity (Wildman–Crippen MR) is 101 cm³/mol. The highest BCUT2D eigenvalue weighted by atomic mass is 16.6. The van der Waals surface area contributed by atoms with Crippen LogP contribution in [-0.2, 0) is 10.2 Å². The monoisotopic (exact) mass is 346 g/mol. The smallest absolute Gasteiger partial charge is 0.125 e. The molecule has 0 amide bonds. The van der Waals surface area contributed by atoms with Crippen LogP contribution in [0.3, 0.4) is 0 Å². The quantitative estimate of drug-likeness (QED) is 0.834. The van der Waals surface area contributed by atoms with Crippen LogP contribution in [0.25, 0.3) is 0 Å². The predicted octanol–water partition coefficient (Wildman–Crippen LogP) is 4.99. The Bertz CT molecular complexity index is 531. The van der Waals surface area contributed by atoms with Gasteiger partial charge in [-0.15, -0.1) is 0 Å². The van der Waals surface area contributed by atoms with E-state index < -0.39 is 0 Å². The zero-order chi connectivity index (χ0) is 17.9. The van der Waals surface area contributed by atoms with E-state index in [9.17, 15) is 5.11 Å². The molecule has 25 heavy (non-hydrogen) atoms. The standard InChI is InChI=1S/C22H34O3/c1-22(2,3)16-12-14-17(15-13-16)24-20-10-6-7-11-21(20)25-19-9-5-4-8-18(19)23/h12-15,18-21,23H,4-11H2,1-3H3. The normalized spacial score (nSPS) is 30.9. The first-order valence-corrected chi connectivity index (χ1v) is 10.0. The molecular formula is C22H34O3. The average molecular weight is 347 g/mol. The summed E-state index contributed by atoms with van der Waals surface area (Å²) in [5, 5.41) is 10.2. The van der Waals surface area contributed by atoms with Crippen molar-refractivity contribution in [1.29, 1.82) is 0 Å². The Balaban J connectivity index is 1.62. The van der Waals surface area contributed by atoms with Gasteiger partial charge in [-0.1, -0.05) is 52.2 Å². The Morgan fingerprint density at radius 1 is 0.800 bits per heavy atom. The van der Waals surface area contributed by atoms with Crippen molar-refractivity contribution in [2.45, 2.75) is 102 Å². The molecule has 0 heterocycles. The van der Waals surface area contributed by atoms with Crippen molar-refractivity contribution >= 4 is 0 Å². The molecular weight excluding hydrogens is 312 g/mol. The highest BCUT2D eigenvalue weighted by Gasteiger charge is 2.33. The van der Waals surface area contributed by atoms with E-state index in [-0.39, 0.29) is 29.8 Å². The van der Waals surface area contributed by atoms with Crippen LogP contribution in [0.2, 0.25) is 0 Å². The molecule has 1 aromatic rings. The zero-order valence-corrected chi connectivity index (χ0v) is 16.0. The van der Waals surface area contributed by atoms with Crippen molar-refractivity contribution in [2.75, 3.05) is 0 Å². The van der Waals surface area contributed by atoms with Gasteiger partial charge in [-0.3, -0.25) is 0 Å². The summed E-state index contributed by atoms with van der Waals surface area (Å²) in [5.74, 6) is 0.928. The number of hydrogen-bond donors (Lipinski definition) is 1. The number of aliphatic hydroxyl groups excluding tert-OH is 1. The largest absolute Gasteiger partial charge is 0.488 e. The van der Waals surface area contributed by atoms with Gasteiger partial charge in [0.05, 0.1) is 18.3 Å². The minimum Gasteiger partial charge on any atom is -0.488 e. The third-order valence-electron chi connectivity index (χ3n) is 5.67. The van der Waals surface area contributed by atoms with Gasteiger partial charge in [0.2, 0.25) is 0 Å².